The zero-order valence-electron chi connectivity index (χ0n) is 11.7. The number of hydrogen-bond acceptors (Lipinski definition) is 3. The molecule has 4 nitrogen and oxygen atoms in total. The minimum Gasteiger partial charge on any atom is -0.294 e. The van der Waals surface area contributed by atoms with E-state index in [2.05, 4.69) is 4.72 Å². The molecule has 21 heavy (non-hydrogen) atoms. The molecule has 0 aromatic heterocycles. The van der Waals surface area contributed by atoms with Gasteiger partial charge in [-0.1, -0.05) is 37.3 Å². The first kappa shape index (κ1) is 15.3. The molecular formula is C16H17NO3S. The highest BCUT2D eigenvalue weighted by Gasteiger charge is 2.14. The minimum atomic E-state index is -3.63. The summed E-state index contributed by atoms with van der Waals surface area (Å²) in [6.07, 6.45) is 1.22. The number of hydrogen-bond donors (Lipinski definition) is 1. The van der Waals surface area contributed by atoms with Crippen molar-refractivity contribution >= 4 is 21.5 Å². The standard InChI is InChI=1S/C16H17NO3S/c1-2-7-16(18)13-8-6-9-14(12-13)17-21(19,20)15-10-4-3-5-11-15/h3-6,8-12,17H,2,7H2,1H3. The van der Waals surface area contributed by atoms with E-state index in [9.17, 15) is 13.2 Å². The van der Waals surface area contributed by atoms with E-state index in [0.29, 0.717) is 17.7 Å². The SMILES string of the molecule is CCCC(=O)c1cccc(NS(=O)(=O)c2ccccc2)c1. The molecule has 0 radical (unpaired) electrons. The van der Waals surface area contributed by atoms with Gasteiger partial charge in [-0.25, -0.2) is 8.42 Å². The van der Waals surface area contributed by atoms with Crippen LogP contribution in [0.4, 0.5) is 5.69 Å². The van der Waals surface area contributed by atoms with E-state index in [1.807, 2.05) is 6.92 Å². The van der Waals surface area contributed by atoms with Crippen LogP contribution in [0.25, 0.3) is 0 Å². The van der Waals surface area contributed by atoms with Crippen LogP contribution in [0.3, 0.4) is 0 Å². The molecule has 0 amide bonds. The zero-order chi connectivity index (χ0) is 15.3. The van der Waals surface area contributed by atoms with Gasteiger partial charge < -0.3 is 0 Å². The molecule has 0 aliphatic carbocycles. The quantitative estimate of drug-likeness (QED) is 0.831. The fraction of sp³-hybridized carbons (Fsp3) is 0.188. The van der Waals surface area contributed by atoms with Crippen molar-refractivity contribution < 1.29 is 13.2 Å². The summed E-state index contributed by atoms with van der Waals surface area (Å²) in [5.41, 5.74) is 0.908. The largest absolute Gasteiger partial charge is 0.294 e. The van der Waals surface area contributed by atoms with Gasteiger partial charge in [-0.3, -0.25) is 9.52 Å². The second kappa shape index (κ2) is 6.54. The van der Waals surface area contributed by atoms with Crippen molar-refractivity contribution in [1.29, 1.82) is 0 Å². The van der Waals surface area contributed by atoms with Gasteiger partial charge in [-0.15, -0.1) is 0 Å². The highest BCUT2D eigenvalue weighted by atomic mass is 32.2. The highest BCUT2D eigenvalue weighted by molar-refractivity contribution is 7.92. The van der Waals surface area contributed by atoms with Gasteiger partial charge in [0.15, 0.2) is 5.78 Å². The highest BCUT2D eigenvalue weighted by Crippen LogP contribution is 2.18. The van der Waals surface area contributed by atoms with Crippen molar-refractivity contribution in [1.82, 2.24) is 0 Å². The van der Waals surface area contributed by atoms with Gasteiger partial charge in [-0.05, 0) is 30.7 Å². The van der Waals surface area contributed by atoms with Gasteiger partial charge in [-0.2, -0.15) is 0 Å². The Morgan fingerprint density at radius 3 is 2.43 bits per heavy atom. The lowest BCUT2D eigenvalue weighted by molar-refractivity contribution is 0.0982. The topological polar surface area (TPSA) is 63.2 Å². The first-order chi connectivity index (χ1) is 10.0. The number of anilines is 1. The fourth-order valence-electron chi connectivity index (χ4n) is 1.94. The molecule has 2 aromatic carbocycles. The summed E-state index contributed by atoms with van der Waals surface area (Å²) in [6.45, 7) is 1.93. The Morgan fingerprint density at radius 2 is 1.76 bits per heavy atom. The number of nitrogens with one attached hydrogen (secondary N) is 1. The molecule has 0 atom stereocenters. The zero-order valence-corrected chi connectivity index (χ0v) is 12.6. The van der Waals surface area contributed by atoms with E-state index in [1.165, 1.54) is 12.1 Å². The van der Waals surface area contributed by atoms with Crippen LogP contribution in [0.5, 0.6) is 0 Å². The molecule has 0 spiro atoms. The summed E-state index contributed by atoms with van der Waals surface area (Å²) >= 11 is 0. The lowest BCUT2D eigenvalue weighted by Gasteiger charge is -2.09. The van der Waals surface area contributed by atoms with Gasteiger partial charge >= 0.3 is 0 Å². The predicted octanol–water partition coefficient (Wildman–Crippen LogP) is 3.47. The van der Waals surface area contributed by atoms with Crippen LogP contribution in [-0.4, -0.2) is 14.2 Å². The monoisotopic (exact) mass is 303 g/mol. The molecule has 0 aliphatic heterocycles. The third kappa shape index (κ3) is 3.92. The van der Waals surface area contributed by atoms with Crippen molar-refractivity contribution in [2.45, 2.75) is 24.7 Å². The van der Waals surface area contributed by atoms with Gasteiger partial charge in [0.1, 0.15) is 0 Å². The molecule has 5 heteroatoms. The molecule has 110 valence electrons. The second-order valence-corrected chi connectivity index (χ2v) is 6.35. The molecule has 0 fully saturated rings. The van der Waals surface area contributed by atoms with Crippen molar-refractivity contribution in [3.05, 3.63) is 60.2 Å². The first-order valence-corrected chi connectivity index (χ1v) is 8.22. The molecule has 0 unspecified atom stereocenters. The van der Waals surface area contributed by atoms with E-state index >= 15 is 0 Å². The maximum absolute atomic E-state index is 12.2. The molecule has 0 bridgehead atoms. The van der Waals surface area contributed by atoms with E-state index in [-0.39, 0.29) is 10.7 Å². The smallest absolute Gasteiger partial charge is 0.261 e. The van der Waals surface area contributed by atoms with Crippen LogP contribution in [-0.2, 0) is 10.0 Å². The Hall–Kier alpha value is -2.14. The number of carbonyl (C=O) groups is 1. The summed E-state index contributed by atoms with van der Waals surface area (Å²) in [5, 5.41) is 0. The third-order valence-corrected chi connectivity index (χ3v) is 4.36. The van der Waals surface area contributed by atoms with Crippen molar-refractivity contribution in [3.8, 4) is 0 Å². The average molecular weight is 303 g/mol. The van der Waals surface area contributed by atoms with Crippen LogP contribution >= 0.6 is 0 Å². The van der Waals surface area contributed by atoms with Crippen LogP contribution in [0, 0.1) is 0 Å². The van der Waals surface area contributed by atoms with Crippen molar-refractivity contribution in [2.75, 3.05) is 4.72 Å². The van der Waals surface area contributed by atoms with Gasteiger partial charge in [0, 0.05) is 17.7 Å². The summed E-state index contributed by atoms with van der Waals surface area (Å²) in [6, 6.07) is 14.7. The molecule has 2 aromatic rings. The summed E-state index contributed by atoms with van der Waals surface area (Å²) in [5.74, 6) is 0.0123. The van der Waals surface area contributed by atoms with Gasteiger partial charge in [0.05, 0.1) is 4.90 Å². The van der Waals surface area contributed by atoms with Crippen molar-refractivity contribution in [3.63, 3.8) is 0 Å². The number of Topliss-reactive ketones (excluding diaryl/α,β-unsaturated/α-hetero) is 1. The molecule has 0 saturated heterocycles. The van der Waals surface area contributed by atoms with Crippen LogP contribution < -0.4 is 4.72 Å². The summed E-state index contributed by atoms with van der Waals surface area (Å²) in [7, 11) is -3.63. The van der Waals surface area contributed by atoms with E-state index in [1.54, 1.807) is 42.5 Å². The normalized spacial score (nSPS) is 11.1. The maximum Gasteiger partial charge on any atom is 0.261 e. The third-order valence-electron chi connectivity index (χ3n) is 2.97. The molecular weight excluding hydrogens is 286 g/mol. The lowest BCUT2D eigenvalue weighted by Crippen LogP contribution is -2.13. The Morgan fingerprint density at radius 1 is 1.05 bits per heavy atom. The molecule has 0 saturated carbocycles. The molecule has 0 aliphatic rings. The Kier molecular flexibility index (Phi) is 4.75. The van der Waals surface area contributed by atoms with Crippen LogP contribution in [0.2, 0.25) is 0 Å². The lowest BCUT2D eigenvalue weighted by atomic mass is 10.1. The average Bonchev–Trinajstić information content (AvgIpc) is 2.48. The van der Waals surface area contributed by atoms with Gasteiger partial charge in [0.2, 0.25) is 0 Å². The number of rotatable bonds is 6. The predicted molar refractivity (Wildman–Crippen MR) is 82.9 cm³/mol. The number of sulfonamides is 1. The maximum atomic E-state index is 12.2. The number of carbonyl (C=O) groups excluding carboxylic acids is 1. The van der Waals surface area contributed by atoms with Crippen LogP contribution in [0.1, 0.15) is 30.1 Å². The van der Waals surface area contributed by atoms with Crippen LogP contribution in [0.15, 0.2) is 59.5 Å². The second-order valence-electron chi connectivity index (χ2n) is 4.67. The number of benzene rings is 2. The minimum absolute atomic E-state index is 0.0123. The fourth-order valence-corrected chi connectivity index (χ4v) is 3.01. The van der Waals surface area contributed by atoms with E-state index in [4.69, 9.17) is 0 Å². The molecule has 2 rings (SSSR count). The van der Waals surface area contributed by atoms with E-state index < -0.39 is 10.0 Å². The molecule has 0 heterocycles. The summed E-state index contributed by atoms with van der Waals surface area (Å²) < 4.78 is 26.9. The Labute approximate surface area is 124 Å². The first-order valence-electron chi connectivity index (χ1n) is 6.74. The van der Waals surface area contributed by atoms with E-state index in [0.717, 1.165) is 6.42 Å². The molecule has 1 N–H and O–H groups in total. The van der Waals surface area contributed by atoms with Gasteiger partial charge in [0.25, 0.3) is 10.0 Å². The summed E-state index contributed by atoms with van der Waals surface area (Å²) in [4.78, 5) is 12.0. The number of ketones is 1. The Balaban J connectivity index is 2.24. The van der Waals surface area contributed by atoms with Crippen molar-refractivity contribution in [2.24, 2.45) is 0 Å². The Bertz CT molecular complexity index is 724.